The van der Waals surface area contributed by atoms with Crippen molar-refractivity contribution in [3.63, 3.8) is 0 Å². The fourth-order valence-corrected chi connectivity index (χ4v) is 6.04. The van der Waals surface area contributed by atoms with Crippen LogP contribution in [0.15, 0.2) is 64.4 Å². The van der Waals surface area contributed by atoms with Gasteiger partial charge in [0.05, 0.1) is 16.4 Å². The molecule has 0 aromatic heterocycles. The Morgan fingerprint density at radius 2 is 1.34 bits per heavy atom. The Hall–Kier alpha value is -2.79. The monoisotopic (exact) mass is 540 g/mol. The van der Waals surface area contributed by atoms with E-state index in [4.69, 9.17) is 29.5 Å². The van der Waals surface area contributed by atoms with Gasteiger partial charge in [-0.1, -0.05) is 103 Å². The first-order valence-corrected chi connectivity index (χ1v) is 13.1. The molecule has 4 rings (SSSR count). The summed E-state index contributed by atoms with van der Waals surface area (Å²) in [6, 6.07) is 17.2. The van der Waals surface area contributed by atoms with Crippen LogP contribution in [0.2, 0.25) is 0 Å². The molecular weight excluding hydrogens is 521 g/mol. The molecule has 2 aromatic carbocycles. The summed E-state index contributed by atoms with van der Waals surface area (Å²) in [5.74, 6) is -1.22. The van der Waals surface area contributed by atoms with Crippen molar-refractivity contribution in [1.82, 2.24) is 9.80 Å². The smallest absolute Gasteiger partial charge is 0.303 e. The summed E-state index contributed by atoms with van der Waals surface area (Å²) < 4.78 is 0.966. The van der Waals surface area contributed by atoms with Gasteiger partial charge in [0.1, 0.15) is 8.64 Å². The van der Waals surface area contributed by atoms with Crippen molar-refractivity contribution in [2.24, 2.45) is 0 Å². The minimum absolute atomic E-state index is 0.0113. The molecule has 2 amide bonds. The number of nitrogens with zero attached hydrogens (tertiary/aromatic N) is 2. The summed E-state index contributed by atoms with van der Waals surface area (Å²) in [7, 11) is 0. The number of rotatable bonds is 8. The third-order valence-corrected chi connectivity index (χ3v) is 7.99. The number of carboxylic acids is 1. The number of carboxylic acid groups (broad SMARTS) is 1. The Morgan fingerprint density at radius 1 is 0.829 bits per heavy atom. The number of carbonyl (C=O) groups excluding carboxylic acids is 2. The van der Waals surface area contributed by atoms with Crippen LogP contribution in [-0.2, 0) is 20.9 Å². The molecule has 0 bridgehead atoms. The predicted molar refractivity (Wildman–Crippen MR) is 148 cm³/mol. The van der Waals surface area contributed by atoms with Gasteiger partial charge in [0.25, 0.3) is 11.8 Å². The molecule has 0 aliphatic carbocycles. The average Bonchev–Trinajstić information content (AvgIpc) is 3.25. The highest BCUT2D eigenvalue weighted by Gasteiger charge is 2.32. The van der Waals surface area contributed by atoms with Crippen molar-refractivity contribution in [1.29, 1.82) is 0 Å². The van der Waals surface area contributed by atoms with E-state index in [0.29, 0.717) is 31.4 Å². The zero-order valence-corrected chi connectivity index (χ0v) is 21.6. The molecule has 10 heteroatoms. The molecule has 6 nitrogen and oxygen atoms in total. The maximum absolute atomic E-state index is 12.9. The maximum Gasteiger partial charge on any atom is 0.303 e. The van der Waals surface area contributed by atoms with Crippen LogP contribution in [-0.4, -0.2) is 47.9 Å². The van der Waals surface area contributed by atoms with E-state index in [1.54, 1.807) is 11.0 Å². The lowest BCUT2D eigenvalue weighted by Gasteiger charge is -2.14. The lowest BCUT2D eigenvalue weighted by molar-refractivity contribution is -0.137. The second kappa shape index (κ2) is 11.3. The SMILES string of the molecule is O=C(O)CCCN1C(=O)C(=Cc2ccc(C=C3SC(=S)N(Cc4ccccc4)C3=O)cc2)SC1=S. The summed E-state index contributed by atoms with van der Waals surface area (Å²) in [4.78, 5) is 40.4. The van der Waals surface area contributed by atoms with Gasteiger partial charge in [-0.2, -0.15) is 0 Å². The Labute approximate surface area is 222 Å². The topological polar surface area (TPSA) is 77.9 Å². The van der Waals surface area contributed by atoms with Gasteiger partial charge < -0.3 is 5.11 Å². The van der Waals surface area contributed by atoms with Crippen molar-refractivity contribution in [3.05, 3.63) is 81.1 Å². The number of benzene rings is 2. The van der Waals surface area contributed by atoms with E-state index in [-0.39, 0.29) is 24.8 Å². The molecule has 178 valence electrons. The normalized spacial score (nSPS) is 18.4. The van der Waals surface area contributed by atoms with Gasteiger partial charge in [-0.05, 0) is 35.3 Å². The summed E-state index contributed by atoms with van der Waals surface area (Å²) in [6.45, 7) is 0.728. The molecule has 0 saturated carbocycles. The highest BCUT2D eigenvalue weighted by atomic mass is 32.2. The van der Waals surface area contributed by atoms with Gasteiger partial charge >= 0.3 is 5.97 Å². The first kappa shape index (κ1) is 25.3. The van der Waals surface area contributed by atoms with Gasteiger partial charge in [-0.3, -0.25) is 24.2 Å². The van der Waals surface area contributed by atoms with Crippen LogP contribution >= 0.6 is 48.0 Å². The third kappa shape index (κ3) is 6.26. The first-order valence-electron chi connectivity index (χ1n) is 10.7. The molecule has 0 unspecified atom stereocenters. The molecule has 0 atom stereocenters. The predicted octanol–water partition coefficient (Wildman–Crippen LogP) is 5.15. The Kier molecular flexibility index (Phi) is 8.17. The number of thiocarbonyl (C=S) groups is 2. The van der Waals surface area contributed by atoms with Gasteiger partial charge in [0.15, 0.2) is 0 Å². The number of carbonyl (C=O) groups is 3. The molecule has 35 heavy (non-hydrogen) atoms. The average molecular weight is 541 g/mol. The van der Waals surface area contributed by atoms with Crippen LogP contribution in [0.3, 0.4) is 0 Å². The molecule has 2 saturated heterocycles. The summed E-state index contributed by atoms with van der Waals surface area (Å²) in [5, 5.41) is 8.79. The fourth-order valence-electron chi connectivity index (χ4n) is 3.47. The molecule has 0 radical (unpaired) electrons. The second-order valence-electron chi connectivity index (χ2n) is 7.75. The van der Waals surface area contributed by atoms with Gasteiger partial charge in [-0.25, -0.2) is 0 Å². The quantitative estimate of drug-likeness (QED) is 0.364. The zero-order chi connectivity index (χ0) is 24.9. The van der Waals surface area contributed by atoms with Crippen molar-refractivity contribution in [3.8, 4) is 0 Å². The first-order chi connectivity index (χ1) is 16.8. The summed E-state index contributed by atoms with van der Waals surface area (Å²) in [6.07, 6.45) is 3.92. The molecular formula is C25H20N2O4S4. The fraction of sp³-hybridized carbons (Fsp3) is 0.160. The molecule has 0 spiro atoms. The lowest BCUT2D eigenvalue weighted by atomic mass is 10.1. The molecule has 2 aliphatic rings. The summed E-state index contributed by atoms with van der Waals surface area (Å²) in [5.41, 5.74) is 2.69. The van der Waals surface area contributed by atoms with Gasteiger partial charge in [-0.15, -0.1) is 0 Å². The van der Waals surface area contributed by atoms with Crippen LogP contribution in [0.4, 0.5) is 0 Å². The van der Waals surface area contributed by atoms with Crippen molar-refractivity contribution < 1.29 is 19.5 Å². The van der Waals surface area contributed by atoms with E-state index in [0.717, 1.165) is 16.7 Å². The van der Waals surface area contributed by atoms with Crippen molar-refractivity contribution >= 4 is 86.5 Å². The molecule has 2 aromatic rings. The van der Waals surface area contributed by atoms with E-state index in [2.05, 4.69) is 0 Å². The zero-order valence-electron chi connectivity index (χ0n) is 18.4. The summed E-state index contributed by atoms with van der Waals surface area (Å²) >= 11 is 13.2. The number of hydrogen-bond acceptors (Lipinski definition) is 7. The molecule has 2 fully saturated rings. The van der Waals surface area contributed by atoms with Gasteiger partial charge in [0, 0.05) is 13.0 Å². The third-order valence-electron chi connectivity index (χ3n) is 5.24. The van der Waals surface area contributed by atoms with E-state index in [1.165, 1.54) is 28.4 Å². The van der Waals surface area contributed by atoms with Crippen LogP contribution < -0.4 is 0 Å². The highest BCUT2D eigenvalue weighted by Crippen LogP contribution is 2.35. The number of aliphatic carboxylic acids is 1. The second-order valence-corrected chi connectivity index (χ2v) is 11.1. The highest BCUT2D eigenvalue weighted by molar-refractivity contribution is 8.27. The van der Waals surface area contributed by atoms with Crippen LogP contribution in [0.5, 0.6) is 0 Å². The maximum atomic E-state index is 12.9. The minimum atomic E-state index is -0.899. The van der Waals surface area contributed by atoms with E-state index >= 15 is 0 Å². The Morgan fingerprint density at radius 3 is 1.89 bits per heavy atom. The largest absolute Gasteiger partial charge is 0.481 e. The van der Waals surface area contributed by atoms with E-state index in [1.807, 2.05) is 60.7 Å². The lowest BCUT2D eigenvalue weighted by Crippen LogP contribution is -2.29. The van der Waals surface area contributed by atoms with Crippen molar-refractivity contribution in [2.45, 2.75) is 19.4 Å². The van der Waals surface area contributed by atoms with Crippen LogP contribution in [0.25, 0.3) is 12.2 Å². The minimum Gasteiger partial charge on any atom is -0.481 e. The number of hydrogen-bond donors (Lipinski definition) is 1. The van der Waals surface area contributed by atoms with E-state index in [9.17, 15) is 14.4 Å². The number of thioether (sulfide) groups is 2. The molecule has 2 aliphatic heterocycles. The van der Waals surface area contributed by atoms with Gasteiger partial charge in [0.2, 0.25) is 0 Å². The number of amides is 2. The molecule has 1 N–H and O–H groups in total. The van der Waals surface area contributed by atoms with Crippen LogP contribution in [0, 0.1) is 0 Å². The standard InChI is InChI=1S/C25H20N2O4S4/c28-21(29)7-4-12-26-22(30)19(34-24(26)32)13-16-8-10-17(11-9-16)14-20-23(31)27(25(33)35-20)15-18-5-2-1-3-6-18/h1-3,5-6,8-11,13-14H,4,7,12,15H2,(H,28,29). The van der Waals surface area contributed by atoms with Crippen LogP contribution in [0.1, 0.15) is 29.5 Å². The van der Waals surface area contributed by atoms with E-state index < -0.39 is 5.97 Å². The Balaban J connectivity index is 1.42. The van der Waals surface area contributed by atoms with Crippen molar-refractivity contribution in [2.75, 3.05) is 6.54 Å². The Bertz CT molecular complexity index is 1260. The molecule has 2 heterocycles.